The van der Waals surface area contributed by atoms with E-state index in [4.69, 9.17) is 0 Å². The number of rotatable bonds is 7. The van der Waals surface area contributed by atoms with Crippen molar-refractivity contribution in [3.8, 4) is 0 Å². The van der Waals surface area contributed by atoms with Crippen molar-refractivity contribution in [3.05, 3.63) is 46.3 Å². The minimum Gasteiger partial charge on any atom is -0.361 e. The summed E-state index contributed by atoms with van der Waals surface area (Å²) >= 11 is 0. The molecule has 1 aromatic heterocycles. The SMILES string of the molecule is Cc1ccc(S(=O)(=O)NNc2ncnc(NC3CCCCC3)c2[N+](=O)[O-])cc1. The van der Waals surface area contributed by atoms with Crippen molar-refractivity contribution < 1.29 is 13.3 Å². The summed E-state index contributed by atoms with van der Waals surface area (Å²) in [6.45, 7) is 1.84. The molecule has 2 aromatic rings. The molecule has 1 aliphatic carbocycles. The number of nitro groups is 1. The first kappa shape index (κ1) is 20.0. The molecule has 1 saturated carbocycles. The van der Waals surface area contributed by atoms with E-state index in [9.17, 15) is 18.5 Å². The molecular formula is C17H22N6O4S. The molecule has 11 heteroatoms. The Morgan fingerprint density at radius 1 is 1.07 bits per heavy atom. The smallest absolute Gasteiger partial charge is 0.354 e. The highest BCUT2D eigenvalue weighted by Gasteiger charge is 2.26. The molecule has 0 spiro atoms. The highest BCUT2D eigenvalue weighted by atomic mass is 32.2. The Kier molecular flexibility index (Phi) is 6.05. The van der Waals surface area contributed by atoms with Gasteiger partial charge in [0.25, 0.3) is 10.0 Å². The lowest BCUT2D eigenvalue weighted by Gasteiger charge is -2.23. The summed E-state index contributed by atoms with van der Waals surface area (Å²) in [5.74, 6) is -0.155. The molecule has 150 valence electrons. The van der Waals surface area contributed by atoms with Crippen molar-refractivity contribution in [1.82, 2.24) is 14.8 Å². The maximum absolute atomic E-state index is 12.4. The van der Waals surface area contributed by atoms with Gasteiger partial charge in [0, 0.05) is 6.04 Å². The van der Waals surface area contributed by atoms with Crippen LogP contribution in [0, 0.1) is 17.0 Å². The van der Waals surface area contributed by atoms with Gasteiger partial charge in [-0.05, 0) is 31.9 Å². The predicted molar refractivity (Wildman–Crippen MR) is 104 cm³/mol. The predicted octanol–water partition coefficient (Wildman–Crippen LogP) is 2.74. The van der Waals surface area contributed by atoms with Gasteiger partial charge in [0.05, 0.1) is 9.82 Å². The van der Waals surface area contributed by atoms with Crippen LogP contribution in [0.25, 0.3) is 0 Å². The molecule has 0 amide bonds. The minimum absolute atomic E-state index is 0.0304. The van der Waals surface area contributed by atoms with Gasteiger partial charge in [-0.15, -0.1) is 4.83 Å². The van der Waals surface area contributed by atoms with Gasteiger partial charge < -0.3 is 5.32 Å². The number of sulfonamides is 1. The standard InChI is InChI=1S/C17H22N6O4S/c1-12-7-9-14(10-8-12)28(26,27)22-21-17-15(23(24)25)16(18-11-19-17)20-13-5-3-2-4-6-13/h7-11,13,22H,2-6H2,1H3,(H2,18,19,20,21). The average molecular weight is 406 g/mol. The summed E-state index contributed by atoms with van der Waals surface area (Å²) in [6.07, 6.45) is 6.22. The van der Waals surface area contributed by atoms with Crippen LogP contribution in [-0.2, 0) is 10.0 Å². The molecule has 0 radical (unpaired) electrons. The van der Waals surface area contributed by atoms with Crippen molar-refractivity contribution in [3.63, 3.8) is 0 Å². The number of nitrogens with one attached hydrogen (secondary N) is 3. The molecular weight excluding hydrogens is 384 g/mol. The quantitative estimate of drug-likeness (QED) is 0.471. The number of aryl methyl sites for hydroxylation is 1. The zero-order valence-corrected chi connectivity index (χ0v) is 16.2. The topological polar surface area (TPSA) is 139 Å². The molecule has 1 aromatic carbocycles. The lowest BCUT2D eigenvalue weighted by atomic mass is 9.95. The number of aromatic nitrogens is 2. The zero-order chi connectivity index (χ0) is 20.1. The van der Waals surface area contributed by atoms with E-state index >= 15 is 0 Å². The van der Waals surface area contributed by atoms with Gasteiger partial charge in [0.15, 0.2) is 0 Å². The van der Waals surface area contributed by atoms with Crippen LogP contribution in [0.15, 0.2) is 35.5 Å². The van der Waals surface area contributed by atoms with Crippen LogP contribution < -0.4 is 15.6 Å². The number of nitrogens with zero attached hydrogens (tertiary/aromatic N) is 3. The van der Waals surface area contributed by atoms with Gasteiger partial charge in [0.2, 0.25) is 11.6 Å². The van der Waals surface area contributed by atoms with Crippen LogP contribution in [-0.4, -0.2) is 29.4 Å². The third-order valence-corrected chi connectivity index (χ3v) is 5.85. The monoisotopic (exact) mass is 406 g/mol. The molecule has 0 atom stereocenters. The minimum atomic E-state index is -3.92. The van der Waals surface area contributed by atoms with Gasteiger partial charge in [-0.25, -0.2) is 18.4 Å². The summed E-state index contributed by atoms with van der Waals surface area (Å²) in [5.41, 5.74) is 2.87. The van der Waals surface area contributed by atoms with Crippen molar-refractivity contribution in [1.29, 1.82) is 0 Å². The van der Waals surface area contributed by atoms with Crippen LogP contribution in [0.3, 0.4) is 0 Å². The zero-order valence-electron chi connectivity index (χ0n) is 15.4. The average Bonchev–Trinajstić information content (AvgIpc) is 2.67. The Bertz CT molecular complexity index is 943. The summed E-state index contributed by atoms with van der Waals surface area (Å²) in [5, 5.41) is 14.7. The first-order valence-corrected chi connectivity index (χ1v) is 10.5. The van der Waals surface area contributed by atoms with Crippen LogP contribution >= 0.6 is 0 Å². The van der Waals surface area contributed by atoms with E-state index in [1.54, 1.807) is 12.1 Å². The number of anilines is 2. The largest absolute Gasteiger partial charge is 0.361 e. The second-order valence-electron chi connectivity index (χ2n) is 6.70. The number of hydrogen-bond acceptors (Lipinski definition) is 8. The summed E-state index contributed by atoms with van der Waals surface area (Å²) in [7, 11) is -3.92. The van der Waals surface area contributed by atoms with E-state index in [1.165, 1.54) is 12.1 Å². The van der Waals surface area contributed by atoms with E-state index in [1.807, 2.05) is 6.92 Å². The molecule has 0 unspecified atom stereocenters. The van der Waals surface area contributed by atoms with Crippen LogP contribution in [0.2, 0.25) is 0 Å². The lowest BCUT2D eigenvalue weighted by molar-refractivity contribution is -0.383. The van der Waals surface area contributed by atoms with Crippen LogP contribution in [0.5, 0.6) is 0 Å². The molecule has 3 N–H and O–H groups in total. The molecule has 1 fully saturated rings. The summed E-state index contributed by atoms with van der Waals surface area (Å²) in [4.78, 5) is 20.9. The Morgan fingerprint density at radius 2 is 1.71 bits per heavy atom. The first-order valence-electron chi connectivity index (χ1n) is 8.97. The molecule has 3 rings (SSSR count). The number of benzene rings is 1. The Morgan fingerprint density at radius 3 is 2.36 bits per heavy atom. The van der Waals surface area contributed by atoms with Crippen molar-refractivity contribution in [2.24, 2.45) is 0 Å². The Hall–Kier alpha value is -2.79. The highest BCUT2D eigenvalue weighted by molar-refractivity contribution is 7.89. The van der Waals surface area contributed by atoms with E-state index in [2.05, 4.69) is 25.5 Å². The molecule has 1 heterocycles. The molecule has 1 aliphatic rings. The van der Waals surface area contributed by atoms with Crippen LogP contribution in [0.1, 0.15) is 37.7 Å². The first-order chi connectivity index (χ1) is 13.4. The summed E-state index contributed by atoms with van der Waals surface area (Å²) in [6, 6.07) is 6.31. The van der Waals surface area contributed by atoms with E-state index < -0.39 is 20.6 Å². The van der Waals surface area contributed by atoms with Gasteiger partial charge in [0.1, 0.15) is 6.33 Å². The van der Waals surface area contributed by atoms with Crippen molar-refractivity contribution in [2.45, 2.75) is 50.0 Å². The number of hydrogen-bond donors (Lipinski definition) is 3. The van der Waals surface area contributed by atoms with Gasteiger partial charge in [-0.1, -0.05) is 37.0 Å². The highest BCUT2D eigenvalue weighted by Crippen LogP contribution is 2.31. The van der Waals surface area contributed by atoms with Gasteiger partial charge >= 0.3 is 5.69 Å². The summed E-state index contributed by atoms with van der Waals surface area (Å²) < 4.78 is 24.8. The van der Waals surface area contributed by atoms with Gasteiger partial charge in [-0.2, -0.15) is 0 Å². The van der Waals surface area contributed by atoms with Crippen LogP contribution in [0.4, 0.5) is 17.3 Å². The molecule has 28 heavy (non-hydrogen) atoms. The third-order valence-electron chi connectivity index (χ3n) is 4.59. The third kappa shape index (κ3) is 4.73. The molecule has 10 nitrogen and oxygen atoms in total. The maximum atomic E-state index is 12.4. The molecule has 0 saturated heterocycles. The second kappa shape index (κ2) is 8.48. The fraction of sp³-hybridized carbons (Fsp3) is 0.412. The second-order valence-corrected chi connectivity index (χ2v) is 8.38. The number of hydrazine groups is 1. The molecule has 0 bridgehead atoms. The maximum Gasteiger partial charge on any atom is 0.354 e. The normalized spacial score (nSPS) is 15.2. The van der Waals surface area contributed by atoms with E-state index in [0.717, 1.165) is 44.0 Å². The van der Waals surface area contributed by atoms with Crippen molar-refractivity contribution >= 4 is 27.3 Å². The Balaban J connectivity index is 1.80. The fourth-order valence-corrected chi connectivity index (χ4v) is 3.92. The Labute approximate surface area is 163 Å². The van der Waals surface area contributed by atoms with Gasteiger partial charge in [-0.3, -0.25) is 15.5 Å². The molecule has 0 aliphatic heterocycles. The fourth-order valence-electron chi connectivity index (χ4n) is 3.08. The lowest BCUT2D eigenvalue weighted by Crippen LogP contribution is -2.31. The van der Waals surface area contributed by atoms with E-state index in [0.29, 0.717) is 0 Å². The van der Waals surface area contributed by atoms with E-state index in [-0.39, 0.29) is 22.6 Å². The van der Waals surface area contributed by atoms with Crippen molar-refractivity contribution in [2.75, 3.05) is 10.7 Å².